The first-order valence-electron chi connectivity index (χ1n) is 6.64. The maximum Gasteiger partial charge on any atom is 0.150 e. The number of hydrogen-bond donors (Lipinski definition) is 0. The molecule has 0 amide bonds. The van der Waals surface area contributed by atoms with E-state index in [1.807, 2.05) is 0 Å². The SMILES string of the molecule is CCC1CCC(Oc2ccc(C=O)cc2Cl)CC1. The van der Waals surface area contributed by atoms with Crippen molar-refractivity contribution in [2.24, 2.45) is 5.92 Å². The maximum atomic E-state index is 10.6. The van der Waals surface area contributed by atoms with Crippen LogP contribution in [0.2, 0.25) is 5.02 Å². The van der Waals surface area contributed by atoms with Gasteiger partial charge in [-0.3, -0.25) is 4.79 Å². The molecule has 3 heteroatoms. The molecule has 0 saturated heterocycles. The van der Waals surface area contributed by atoms with Crippen LogP contribution < -0.4 is 4.74 Å². The van der Waals surface area contributed by atoms with Crippen molar-refractivity contribution >= 4 is 17.9 Å². The van der Waals surface area contributed by atoms with Gasteiger partial charge >= 0.3 is 0 Å². The molecule has 1 fully saturated rings. The first-order valence-corrected chi connectivity index (χ1v) is 7.02. The highest BCUT2D eigenvalue weighted by Crippen LogP contribution is 2.32. The Hall–Kier alpha value is -1.02. The van der Waals surface area contributed by atoms with Crippen molar-refractivity contribution in [2.45, 2.75) is 45.1 Å². The van der Waals surface area contributed by atoms with Gasteiger partial charge in [-0.25, -0.2) is 0 Å². The summed E-state index contributed by atoms with van der Waals surface area (Å²) in [6, 6.07) is 5.19. The number of aldehydes is 1. The molecule has 0 unspecified atom stereocenters. The predicted octanol–water partition coefficient (Wildman–Crippen LogP) is 4.50. The number of carbonyl (C=O) groups is 1. The lowest BCUT2D eigenvalue weighted by Gasteiger charge is -2.28. The van der Waals surface area contributed by atoms with Gasteiger partial charge in [-0.05, 0) is 49.8 Å². The molecule has 0 radical (unpaired) electrons. The highest BCUT2D eigenvalue weighted by Gasteiger charge is 2.21. The minimum Gasteiger partial charge on any atom is -0.489 e. The van der Waals surface area contributed by atoms with Gasteiger partial charge in [0.1, 0.15) is 12.0 Å². The Morgan fingerprint density at radius 3 is 2.61 bits per heavy atom. The second-order valence-electron chi connectivity index (χ2n) is 4.98. The Labute approximate surface area is 113 Å². The van der Waals surface area contributed by atoms with E-state index in [4.69, 9.17) is 16.3 Å². The average Bonchev–Trinajstić information content (AvgIpc) is 2.42. The number of ether oxygens (including phenoxy) is 1. The van der Waals surface area contributed by atoms with Crippen LogP contribution in [0, 0.1) is 5.92 Å². The summed E-state index contributed by atoms with van der Waals surface area (Å²) in [5, 5.41) is 0.525. The van der Waals surface area contributed by atoms with Crippen LogP contribution in [0.25, 0.3) is 0 Å². The molecule has 0 spiro atoms. The lowest BCUT2D eigenvalue weighted by Crippen LogP contribution is -2.24. The van der Waals surface area contributed by atoms with E-state index < -0.39 is 0 Å². The molecule has 98 valence electrons. The zero-order chi connectivity index (χ0) is 13.0. The van der Waals surface area contributed by atoms with Crippen LogP contribution in [0.15, 0.2) is 18.2 Å². The van der Waals surface area contributed by atoms with Crippen molar-refractivity contribution < 1.29 is 9.53 Å². The molecule has 0 aliphatic heterocycles. The standard InChI is InChI=1S/C15H19ClO2/c1-2-11-3-6-13(7-4-11)18-15-8-5-12(10-17)9-14(15)16/h5,8-11,13H,2-4,6-7H2,1H3. The molecule has 2 rings (SSSR count). The van der Waals surface area contributed by atoms with Crippen molar-refractivity contribution in [3.8, 4) is 5.75 Å². The fraction of sp³-hybridized carbons (Fsp3) is 0.533. The number of benzene rings is 1. The van der Waals surface area contributed by atoms with Crippen molar-refractivity contribution in [1.29, 1.82) is 0 Å². The smallest absolute Gasteiger partial charge is 0.150 e. The summed E-state index contributed by atoms with van der Waals surface area (Å²) in [4.78, 5) is 10.6. The molecule has 1 aromatic carbocycles. The largest absolute Gasteiger partial charge is 0.489 e. The van der Waals surface area contributed by atoms with E-state index in [0.29, 0.717) is 16.3 Å². The Morgan fingerprint density at radius 2 is 2.06 bits per heavy atom. The second-order valence-corrected chi connectivity index (χ2v) is 5.38. The molecule has 2 nitrogen and oxygen atoms in total. The van der Waals surface area contributed by atoms with E-state index in [1.54, 1.807) is 18.2 Å². The fourth-order valence-corrected chi connectivity index (χ4v) is 2.76. The third-order valence-electron chi connectivity index (χ3n) is 3.76. The predicted molar refractivity (Wildman–Crippen MR) is 73.5 cm³/mol. The summed E-state index contributed by atoms with van der Waals surface area (Å²) in [5.74, 6) is 1.56. The molecule has 18 heavy (non-hydrogen) atoms. The third kappa shape index (κ3) is 3.26. The van der Waals surface area contributed by atoms with Gasteiger partial charge in [0, 0.05) is 5.56 Å². The van der Waals surface area contributed by atoms with Crippen LogP contribution >= 0.6 is 11.6 Å². The zero-order valence-electron chi connectivity index (χ0n) is 10.7. The van der Waals surface area contributed by atoms with Gasteiger partial charge in [0.05, 0.1) is 11.1 Å². The number of halogens is 1. The summed E-state index contributed by atoms with van der Waals surface area (Å²) < 4.78 is 5.93. The molecule has 1 aliphatic rings. The van der Waals surface area contributed by atoms with Crippen LogP contribution in [-0.2, 0) is 0 Å². The van der Waals surface area contributed by atoms with Gasteiger partial charge in [-0.1, -0.05) is 24.9 Å². The second kappa shape index (κ2) is 6.24. The zero-order valence-corrected chi connectivity index (χ0v) is 11.5. The minimum absolute atomic E-state index is 0.271. The maximum absolute atomic E-state index is 10.6. The van der Waals surface area contributed by atoms with E-state index in [0.717, 1.165) is 25.0 Å². The quantitative estimate of drug-likeness (QED) is 0.750. The molecule has 1 aromatic rings. The lowest BCUT2D eigenvalue weighted by molar-refractivity contribution is 0.112. The molecule has 0 aromatic heterocycles. The normalized spacial score (nSPS) is 23.7. The van der Waals surface area contributed by atoms with Crippen LogP contribution in [0.1, 0.15) is 49.4 Å². The Balaban J connectivity index is 1.96. The first-order chi connectivity index (χ1) is 8.72. The lowest BCUT2D eigenvalue weighted by atomic mass is 9.86. The Morgan fingerprint density at radius 1 is 1.33 bits per heavy atom. The number of hydrogen-bond acceptors (Lipinski definition) is 2. The van der Waals surface area contributed by atoms with Crippen LogP contribution in [0.3, 0.4) is 0 Å². The molecule has 0 atom stereocenters. The van der Waals surface area contributed by atoms with Gasteiger partial charge in [-0.15, -0.1) is 0 Å². The first kappa shape index (κ1) is 13.4. The van der Waals surface area contributed by atoms with Gasteiger partial charge < -0.3 is 4.74 Å². The summed E-state index contributed by atoms with van der Waals surface area (Å²) in [6.07, 6.45) is 7.02. The minimum atomic E-state index is 0.271. The highest BCUT2D eigenvalue weighted by molar-refractivity contribution is 6.32. The van der Waals surface area contributed by atoms with Crippen molar-refractivity contribution in [3.05, 3.63) is 28.8 Å². The van der Waals surface area contributed by atoms with E-state index in [2.05, 4.69) is 6.92 Å². The molecule has 0 N–H and O–H groups in total. The highest BCUT2D eigenvalue weighted by atomic mass is 35.5. The molecule has 1 aliphatic carbocycles. The molecular weight excluding hydrogens is 248 g/mol. The summed E-state index contributed by atoms with van der Waals surface area (Å²) in [6.45, 7) is 2.25. The van der Waals surface area contributed by atoms with Crippen LogP contribution in [-0.4, -0.2) is 12.4 Å². The molecule has 0 bridgehead atoms. The summed E-state index contributed by atoms with van der Waals surface area (Å²) in [7, 11) is 0. The summed E-state index contributed by atoms with van der Waals surface area (Å²) in [5.41, 5.74) is 0.585. The topological polar surface area (TPSA) is 26.3 Å². The van der Waals surface area contributed by atoms with Crippen molar-refractivity contribution in [3.63, 3.8) is 0 Å². The molecule has 0 heterocycles. The summed E-state index contributed by atoms with van der Waals surface area (Å²) >= 11 is 6.10. The van der Waals surface area contributed by atoms with Gasteiger partial charge in [-0.2, -0.15) is 0 Å². The van der Waals surface area contributed by atoms with E-state index >= 15 is 0 Å². The monoisotopic (exact) mass is 266 g/mol. The van der Waals surface area contributed by atoms with Crippen LogP contribution in [0.4, 0.5) is 0 Å². The van der Waals surface area contributed by atoms with Crippen molar-refractivity contribution in [2.75, 3.05) is 0 Å². The number of rotatable bonds is 4. The Bertz CT molecular complexity index is 409. The number of carbonyl (C=O) groups excluding carboxylic acids is 1. The van der Waals surface area contributed by atoms with Gasteiger partial charge in [0.15, 0.2) is 0 Å². The van der Waals surface area contributed by atoms with E-state index in [9.17, 15) is 4.79 Å². The molecular formula is C15H19ClO2. The molecule has 1 saturated carbocycles. The van der Waals surface area contributed by atoms with Gasteiger partial charge in [0.25, 0.3) is 0 Å². The third-order valence-corrected chi connectivity index (χ3v) is 4.05. The van der Waals surface area contributed by atoms with Gasteiger partial charge in [0.2, 0.25) is 0 Å². The van der Waals surface area contributed by atoms with Crippen LogP contribution in [0.5, 0.6) is 5.75 Å². The fourth-order valence-electron chi connectivity index (χ4n) is 2.52. The average molecular weight is 267 g/mol. The van der Waals surface area contributed by atoms with E-state index in [1.165, 1.54) is 19.3 Å². The Kier molecular flexibility index (Phi) is 4.65. The van der Waals surface area contributed by atoms with Crippen molar-refractivity contribution in [1.82, 2.24) is 0 Å². The van der Waals surface area contributed by atoms with E-state index in [-0.39, 0.29) is 6.10 Å².